The smallest absolute Gasteiger partial charge is 0.234 e. The summed E-state index contributed by atoms with van der Waals surface area (Å²) in [4.78, 5) is 14.7. The van der Waals surface area contributed by atoms with Gasteiger partial charge in [-0.15, -0.1) is 24.8 Å². The second-order valence-electron chi connectivity index (χ2n) is 7.26. The van der Waals surface area contributed by atoms with Gasteiger partial charge in [0.25, 0.3) is 0 Å². The molecule has 1 saturated carbocycles. The van der Waals surface area contributed by atoms with E-state index in [2.05, 4.69) is 27.7 Å². The molecule has 1 aliphatic carbocycles. The van der Waals surface area contributed by atoms with Crippen molar-refractivity contribution < 1.29 is 9.53 Å². The van der Waals surface area contributed by atoms with E-state index in [0.29, 0.717) is 13.1 Å². The van der Waals surface area contributed by atoms with E-state index in [-0.39, 0.29) is 36.8 Å². The monoisotopic (exact) mass is 417 g/mol. The molecule has 1 atom stereocenters. The van der Waals surface area contributed by atoms with E-state index in [9.17, 15) is 4.79 Å². The average Bonchev–Trinajstić information content (AvgIpc) is 3.48. The minimum Gasteiger partial charge on any atom is -0.497 e. The van der Waals surface area contributed by atoms with Gasteiger partial charge in [0.1, 0.15) is 5.75 Å². The summed E-state index contributed by atoms with van der Waals surface area (Å²) in [6, 6.07) is 8.49. The van der Waals surface area contributed by atoms with Crippen LogP contribution in [-0.4, -0.2) is 50.6 Å². The Labute approximate surface area is 175 Å². The van der Waals surface area contributed by atoms with Gasteiger partial charge in [-0.3, -0.25) is 9.69 Å². The molecule has 1 aromatic rings. The lowest BCUT2D eigenvalue weighted by Gasteiger charge is -2.35. The van der Waals surface area contributed by atoms with Gasteiger partial charge in [-0.2, -0.15) is 0 Å². The molecular formula is C20H33Cl2N3O2. The van der Waals surface area contributed by atoms with Crippen molar-refractivity contribution in [3.8, 4) is 5.75 Å². The number of carbonyl (C=O) groups is 1. The van der Waals surface area contributed by atoms with Gasteiger partial charge in [0.15, 0.2) is 0 Å². The normalized spacial score (nSPS) is 18.0. The van der Waals surface area contributed by atoms with E-state index in [1.807, 2.05) is 12.1 Å². The van der Waals surface area contributed by atoms with Crippen LogP contribution in [0.2, 0.25) is 0 Å². The minimum atomic E-state index is 0. The number of benzene rings is 1. The topological polar surface area (TPSA) is 53.6 Å². The molecule has 1 saturated heterocycles. The number of amides is 1. The van der Waals surface area contributed by atoms with Gasteiger partial charge in [-0.1, -0.05) is 18.6 Å². The number of halogens is 2. The van der Waals surface area contributed by atoms with E-state index < -0.39 is 0 Å². The maximum atomic E-state index is 12.2. The SMILES string of the molecule is COc1ccc(C(CNC(=O)CNCC2CC2)N2CCCCC2)cc1.Cl.Cl. The number of rotatable bonds is 9. The molecule has 7 heteroatoms. The molecular weight excluding hydrogens is 385 g/mol. The highest BCUT2D eigenvalue weighted by Crippen LogP contribution is 2.27. The van der Waals surface area contributed by atoms with Crippen LogP contribution in [0.5, 0.6) is 5.75 Å². The molecule has 1 heterocycles. The van der Waals surface area contributed by atoms with Crippen molar-refractivity contribution in [3.63, 3.8) is 0 Å². The Kier molecular flexibility index (Phi) is 11.1. The van der Waals surface area contributed by atoms with E-state index in [0.717, 1.165) is 31.3 Å². The van der Waals surface area contributed by atoms with Gasteiger partial charge < -0.3 is 15.4 Å². The minimum absolute atomic E-state index is 0. The van der Waals surface area contributed by atoms with Gasteiger partial charge in [0.2, 0.25) is 5.91 Å². The summed E-state index contributed by atoms with van der Waals surface area (Å²) < 4.78 is 5.27. The number of carbonyl (C=O) groups excluding carboxylic acids is 1. The van der Waals surface area contributed by atoms with Crippen molar-refractivity contribution >= 4 is 30.7 Å². The molecule has 1 aromatic carbocycles. The van der Waals surface area contributed by atoms with Crippen LogP contribution < -0.4 is 15.4 Å². The van der Waals surface area contributed by atoms with Crippen molar-refractivity contribution in [2.24, 2.45) is 5.92 Å². The maximum Gasteiger partial charge on any atom is 0.234 e. The highest BCUT2D eigenvalue weighted by Gasteiger charge is 2.23. The van der Waals surface area contributed by atoms with Crippen LogP contribution in [0.3, 0.4) is 0 Å². The standard InChI is InChI=1S/C20H31N3O2.2ClH/c1-25-18-9-7-17(8-10-18)19(23-11-3-2-4-12-23)14-22-20(24)15-21-13-16-5-6-16;;/h7-10,16,19,21H,2-6,11-15H2,1H3,(H,22,24);2*1H. The fourth-order valence-corrected chi connectivity index (χ4v) is 3.50. The molecule has 1 unspecified atom stereocenters. The first-order valence-electron chi connectivity index (χ1n) is 9.61. The summed E-state index contributed by atoms with van der Waals surface area (Å²) >= 11 is 0. The Balaban J connectivity index is 0.00000182. The van der Waals surface area contributed by atoms with Crippen LogP contribution in [0.15, 0.2) is 24.3 Å². The van der Waals surface area contributed by atoms with Gasteiger partial charge in [0.05, 0.1) is 19.7 Å². The fraction of sp³-hybridized carbons (Fsp3) is 0.650. The van der Waals surface area contributed by atoms with E-state index in [1.54, 1.807) is 7.11 Å². The van der Waals surface area contributed by atoms with E-state index >= 15 is 0 Å². The average molecular weight is 418 g/mol. The molecule has 3 rings (SSSR count). The summed E-state index contributed by atoms with van der Waals surface area (Å²) in [6.45, 7) is 4.27. The van der Waals surface area contributed by atoms with Crippen molar-refractivity contribution in [2.45, 2.75) is 38.1 Å². The third-order valence-corrected chi connectivity index (χ3v) is 5.24. The molecule has 154 valence electrons. The van der Waals surface area contributed by atoms with Crippen molar-refractivity contribution in [1.29, 1.82) is 0 Å². The second-order valence-corrected chi connectivity index (χ2v) is 7.26. The maximum absolute atomic E-state index is 12.2. The Morgan fingerprint density at radius 1 is 1.15 bits per heavy atom. The lowest BCUT2D eigenvalue weighted by atomic mass is 10.0. The van der Waals surface area contributed by atoms with Gasteiger partial charge >= 0.3 is 0 Å². The molecule has 2 aliphatic rings. The zero-order valence-corrected chi connectivity index (χ0v) is 17.7. The zero-order valence-electron chi connectivity index (χ0n) is 16.1. The number of hydrogen-bond donors (Lipinski definition) is 2. The molecule has 5 nitrogen and oxygen atoms in total. The summed E-state index contributed by atoms with van der Waals surface area (Å²) in [7, 11) is 1.69. The Morgan fingerprint density at radius 3 is 2.41 bits per heavy atom. The lowest BCUT2D eigenvalue weighted by molar-refractivity contribution is -0.120. The van der Waals surface area contributed by atoms with Crippen molar-refractivity contribution in [3.05, 3.63) is 29.8 Å². The molecule has 1 aliphatic heterocycles. The molecule has 0 radical (unpaired) electrons. The molecule has 0 bridgehead atoms. The number of hydrogen-bond acceptors (Lipinski definition) is 4. The molecule has 0 aromatic heterocycles. The fourth-order valence-electron chi connectivity index (χ4n) is 3.50. The Bertz CT molecular complexity index is 547. The van der Waals surface area contributed by atoms with Crippen LogP contribution in [0.25, 0.3) is 0 Å². The number of ether oxygens (including phenoxy) is 1. The molecule has 2 fully saturated rings. The second kappa shape index (κ2) is 12.4. The van der Waals surface area contributed by atoms with E-state index in [1.165, 1.54) is 37.7 Å². The van der Waals surface area contributed by atoms with Crippen LogP contribution in [0, 0.1) is 5.92 Å². The van der Waals surface area contributed by atoms with Gasteiger partial charge in [0, 0.05) is 6.54 Å². The molecule has 1 amide bonds. The first-order valence-corrected chi connectivity index (χ1v) is 9.61. The first kappa shape index (κ1) is 24.0. The van der Waals surface area contributed by atoms with Crippen molar-refractivity contribution in [1.82, 2.24) is 15.5 Å². The molecule has 0 spiro atoms. The number of nitrogens with zero attached hydrogens (tertiary/aromatic N) is 1. The Hall–Kier alpha value is -1.01. The third-order valence-electron chi connectivity index (χ3n) is 5.24. The van der Waals surface area contributed by atoms with Crippen molar-refractivity contribution in [2.75, 3.05) is 39.8 Å². The lowest BCUT2D eigenvalue weighted by Crippen LogP contribution is -2.43. The van der Waals surface area contributed by atoms with Gasteiger partial charge in [-0.05, 0) is 68.9 Å². The van der Waals surface area contributed by atoms with E-state index in [4.69, 9.17) is 4.74 Å². The van der Waals surface area contributed by atoms with Gasteiger partial charge in [-0.25, -0.2) is 0 Å². The number of nitrogens with one attached hydrogen (secondary N) is 2. The summed E-state index contributed by atoms with van der Waals surface area (Å²) in [5, 5.41) is 6.39. The highest BCUT2D eigenvalue weighted by molar-refractivity contribution is 5.85. The highest BCUT2D eigenvalue weighted by atomic mass is 35.5. The predicted octanol–water partition coefficient (Wildman–Crippen LogP) is 3.18. The molecule has 27 heavy (non-hydrogen) atoms. The van der Waals surface area contributed by atoms with Crippen LogP contribution in [0.4, 0.5) is 0 Å². The number of methoxy groups -OCH3 is 1. The number of piperidine rings is 1. The summed E-state index contributed by atoms with van der Waals surface area (Å²) in [5.74, 6) is 1.76. The zero-order chi connectivity index (χ0) is 17.5. The quantitative estimate of drug-likeness (QED) is 0.647. The first-order chi connectivity index (χ1) is 12.3. The Morgan fingerprint density at radius 2 is 1.81 bits per heavy atom. The van der Waals surface area contributed by atoms with Crippen LogP contribution in [0.1, 0.15) is 43.7 Å². The number of likely N-dealkylation sites (tertiary alicyclic amines) is 1. The summed E-state index contributed by atoms with van der Waals surface area (Å²) in [5.41, 5.74) is 1.24. The summed E-state index contributed by atoms with van der Waals surface area (Å²) in [6.07, 6.45) is 6.41. The molecule has 2 N–H and O–H groups in total. The predicted molar refractivity (Wildman–Crippen MR) is 114 cm³/mol. The largest absolute Gasteiger partial charge is 0.497 e. The van der Waals surface area contributed by atoms with Crippen LogP contribution in [-0.2, 0) is 4.79 Å². The third kappa shape index (κ3) is 7.86. The van der Waals surface area contributed by atoms with Crippen LogP contribution >= 0.6 is 24.8 Å².